The molecule has 4 aromatic rings. The van der Waals surface area contributed by atoms with Crippen LogP contribution in [0.3, 0.4) is 0 Å². The lowest BCUT2D eigenvalue weighted by Crippen LogP contribution is -1.90. The Morgan fingerprint density at radius 3 is 2.56 bits per heavy atom. The molecular formula is C15H10N2S. The molecule has 0 fully saturated rings. The van der Waals surface area contributed by atoms with E-state index >= 15 is 0 Å². The zero-order valence-corrected chi connectivity index (χ0v) is 10.4. The maximum atomic E-state index is 4.51. The normalized spacial score (nSPS) is 11.3. The Hall–Kier alpha value is -2.13. The molecule has 3 heteroatoms. The first kappa shape index (κ1) is 9.85. The lowest BCUT2D eigenvalue weighted by molar-refractivity contribution is 1.10. The monoisotopic (exact) mass is 250 g/mol. The highest BCUT2D eigenvalue weighted by atomic mass is 32.1. The summed E-state index contributed by atoms with van der Waals surface area (Å²) >= 11 is 1.75. The highest BCUT2D eigenvalue weighted by Gasteiger charge is 2.11. The van der Waals surface area contributed by atoms with Crippen LogP contribution < -0.4 is 0 Å². The lowest BCUT2D eigenvalue weighted by atomic mass is 10.2. The summed E-state index contributed by atoms with van der Waals surface area (Å²) in [4.78, 5) is 5.61. The van der Waals surface area contributed by atoms with Crippen molar-refractivity contribution in [1.29, 1.82) is 0 Å². The second kappa shape index (κ2) is 3.68. The number of aromatic nitrogens is 2. The second-order valence-electron chi connectivity index (χ2n) is 4.20. The van der Waals surface area contributed by atoms with E-state index < -0.39 is 0 Å². The number of thiophene rings is 1. The molecule has 0 aliphatic rings. The number of nitrogens with zero attached hydrogens (tertiary/aromatic N) is 2. The molecule has 2 nitrogen and oxygen atoms in total. The largest absolute Gasteiger partial charge is 0.297 e. The second-order valence-corrected chi connectivity index (χ2v) is 5.23. The molecule has 0 unspecified atom stereocenters. The van der Waals surface area contributed by atoms with Crippen LogP contribution in [-0.2, 0) is 0 Å². The summed E-state index contributed by atoms with van der Waals surface area (Å²) in [5.74, 6) is 0. The van der Waals surface area contributed by atoms with Crippen molar-refractivity contribution in [3.63, 3.8) is 0 Å². The van der Waals surface area contributed by atoms with Crippen LogP contribution in [0, 0.1) is 0 Å². The summed E-state index contributed by atoms with van der Waals surface area (Å²) in [7, 11) is 0. The molecule has 0 aliphatic heterocycles. The molecule has 0 aliphatic carbocycles. The molecule has 0 radical (unpaired) electrons. The molecule has 86 valence electrons. The van der Waals surface area contributed by atoms with Crippen LogP contribution in [0.25, 0.3) is 26.1 Å². The standard InChI is InChI=1S/C15H10N2S/c1-2-6-11(7-3-1)17-10-16-15-14(17)12-8-4-5-9-13(12)18-15/h1-10H. The minimum Gasteiger partial charge on any atom is -0.297 e. The van der Waals surface area contributed by atoms with Gasteiger partial charge in [-0.05, 0) is 18.2 Å². The number of hydrogen-bond donors (Lipinski definition) is 0. The first-order valence-corrected chi connectivity index (χ1v) is 6.65. The molecule has 0 bridgehead atoms. The first-order valence-electron chi connectivity index (χ1n) is 5.83. The molecule has 2 heterocycles. The van der Waals surface area contributed by atoms with Crippen LogP contribution in [0.4, 0.5) is 0 Å². The number of para-hydroxylation sites is 1. The molecule has 18 heavy (non-hydrogen) atoms. The van der Waals surface area contributed by atoms with Crippen molar-refractivity contribution in [2.45, 2.75) is 0 Å². The molecule has 0 saturated heterocycles. The third kappa shape index (κ3) is 1.31. The topological polar surface area (TPSA) is 17.8 Å². The first-order chi connectivity index (χ1) is 8.93. The van der Waals surface area contributed by atoms with Crippen LogP contribution in [-0.4, -0.2) is 9.55 Å². The Kier molecular flexibility index (Phi) is 2.02. The molecule has 0 atom stereocenters. The maximum Gasteiger partial charge on any atom is 0.143 e. The van der Waals surface area contributed by atoms with Gasteiger partial charge in [0.2, 0.25) is 0 Å². The van der Waals surface area contributed by atoms with E-state index in [4.69, 9.17) is 0 Å². The molecule has 0 spiro atoms. The van der Waals surface area contributed by atoms with E-state index in [1.807, 2.05) is 12.4 Å². The summed E-state index contributed by atoms with van der Waals surface area (Å²) in [6.07, 6.45) is 1.91. The van der Waals surface area contributed by atoms with Crippen molar-refractivity contribution in [1.82, 2.24) is 9.55 Å². The van der Waals surface area contributed by atoms with E-state index in [1.165, 1.54) is 15.6 Å². The molecule has 0 amide bonds. The van der Waals surface area contributed by atoms with Crippen LogP contribution in [0.2, 0.25) is 0 Å². The Labute approximate surface area is 108 Å². The van der Waals surface area contributed by atoms with Crippen molar-refractivity contribution in [3.8, 4) is 5.69 Å². The van der Waals surface area contributed by atoms with Gasteiger partial charge in [0.05, 0.1) is 5.52 Å². The zero-order valence-electron chi connectivity index (χ0n) is 9.58. The van der Waals surface area contributed by atoms with E-state index in [-0.39, 0.29) is 0 Å². The number of hydrogen-bond acceptors (Lipinski definition) is 2. The molecule has 2 aromatic carbocycles. The average molecular weight is 250 g/mol. The molecule has 0 N–H and O–H groups in total. The predicted molar refractivity (Wildman–Crippen MR) is 76.5 cm³/mol. The minimum atomic E-state index is 1.10. The summed E-state index contributed by atoms with van der Waals surface area (Å²) in [5, 5.41) is 1.28. The fourth-order valence-electron chi connectivity index (χ4n) is 2.29. The van der Waals surface area contributed by atoms with Crippen molar-refractivity contribution >= 4 is 31.8 Å². The van der Waals surface area contributed by atoms with Crippen molar-refractivity contribution < 1.29 is 0 Å². The smallest absolute Gasteiger partial charge is 0.143 e. The lowest BCUT2D eigenvalue weighted by Gasteiger charge is -2.02. The Morgan fingerprint density at radius 1 is 0.889 bits per heavy atom. The predicted octanol–water partition coefficient (Wildman–Crippen LogP) is 4.24. The third-order valence-electron chi connectivity index (χ3n) is 3.12. The summed E-state index contributed by atoms with van der Waals surface area (Å²) in [6, 6.07) is 18.8. The van der Waals surface area contributed by atoms with Crippen molar-refractivity contribution in [2.75, 3.05) is 0 Å². The average Bonchev–Trinajstić information content (AvgIpc) is 2.98. The quantitative estimate of drug-likeness (QED) is 0.494. The minimum absolute atomic E-state index is 1.10. The van der Waals surface area contributed by atoms with Crippen LogP contribution in [0.1, 0.15) is 0 Å². The molecule has 0 saturated carbocycles. The summed E-state index contributed by atoms with van der Waals surface area (Å²) in [5.41, 5.74) is 2.37. The van der Waals surface area contributed by atoms with Crippen molar-refractivity contribution in [3.05, 3.63) is 60.9 Å². The maximum absolute atomic E-state index is 4.51. The molecular weight excluding hydrogens is 240 g/mol. The fraction of sp³-hybridized carbons (Fsp3) is 0. The van der Waals surface area contributed by atoms with Gasteiger partial charge in [0.1, 0.15) is 11.2 Å². The van der Waals surface area contributed by atoms with E-state index in [0.29, 0.717) is 0 Å². The van der Waals surface area contributed by atoms with E-state index in [9.17, 15) is 0 Å². The van der Waals surface area contributed by atoms with Gasteiger partial charge in [-0.1, -0.05) is 36.4 Å². The van der Waals surface area contributed by atoms with Crippen LogP contribution in [0.15, 0.2) is 60.9 Å². The summed E-state index contributed by atoms with van der Waals surface area (Å²) < 4.78 is 3.45. The third-order valence-corrected chi connectivity index (χ3v) is 4.19. The van der Waals surface area contributed by atoms with E-state index in [2.05, 4.69) is 58.1 Å². The summed E-state index contributed by atoms with van der Waals surface area (Å²) in [6.45, 7) is 0. The SMILES string of the molecule is c1ccc(-n2cnc3sc4ccccc4c32)cc1. The van der Waals surface area contributed by atoms with Gasteiger partial charge in [-0.2, -0.15) is 0 Å². The van der Waals surface area contributed by atoms with Gasteiger partial charge in [-0.25, -0.2) is 4.98 Å². The van der Waals surface area contributed by atoms with Gasteiger partial charge < -0.3 is 0 Å². The van der Waals surface area contributed by atoms with E-state index in [0.717, 1.165) is 10.5 Å². The van der Waals surface area contributed by atoms with Gasteiger partial charge in [0.25, 0.3) is 0 Å². The van der Waals surface area contributed by atoms with Gasteiger partial charge in [-0.15, -0.1) is 11.3 Å². The fourth-order valence-corrected chi connectivity index (χ4v) is 3.33. The molecule has 4 rings (SSSR count). The highest BCUT2D eigenvalue weighted by molar-refractivity contribution is 7.25. The number of imidazole rings is 1. The Morgan fingerprint density at radius 2 is 1.67 bits per heavy atom. The Balaban J connectivity index is 2.13. The number of rotatable bonds is 1. The molecule has 2 aromatic heterocycles. The zero-order chi connectivity index (χ0) is 11.9. The van der Waals surface area contributed by atoms with Gasteiger partial charge >= 0.3 is 0 Å². The van der Waals surface area contributed by atoms with Gasteiger partial charge in [-0.3, -0.25) is 4.57 Å². The highest BCUT2D eigenvalue weighted by Crippen LogP contribution is 2.33. The van der Waals surface area contributed by atoms with E-state index in [1.54, 1.807) is 11.3 Å². The Bertz CT molecular complexity index is 827. The van der Waals surface area contributed by atoms with Crippen LogP contribution in [0.5, 0.6) is 0 Å². The van der Waals surface area contributed by atoms with Gasteiger partial charge in [0.15, 0.2) is 0 Å². The van der Waals surface area contributed by atoms with Crippen LogP contribution >= 0.6 is 11.3 Å². The number of fused-ring (bicyclic) bond motifs is 3. The number of benzene rings is 2. The van der Waals surface area contributed by atoms with Gasteiger partial charge in [0, 0.05) is 15.8 Å². The van der Waals surface area contributed by atoms with Crippen molar-refractivity contribution in [2.24, 2.45) is 0 Å².